The van der Waals surface area contributed by atoms with Crippen molar-refractivity contribution in [3.8, 4) is 17.7 Å². The van der Waals surface area contributed by atoms with Crippen LogP contribution in [0.2, 0.25) is 0 Å². The first-order valence-corrected chi connectivity index (χ1v) is 9.46. The van der Waals surface area contributed by atoms with Crippen LogP contribution in [0, 0.1) is 11.3 Å². The molecule has 0 bridgehead atoms. The maximum absolute atomic E-state index is 13.1. The SMILES string of the molecule is N#CC1(c2cccc(C(F)(F)F)c2)CCN(c2ccc(-c3nc(CO)no3)nn2)CC1. The minimum absolute atomic E-state index is 0.134. The first-order valence-electron chi connectivity index (χ1n) is 9.46. The molecule has 3 aromatic rings. The van der Waals surface area contributed by atoms with Gasteiger partial charge in [0.05, 0.1) is 17.0 Å². The highest BCUT2D eigenvalue weighted by atomic mass is 19.4. The summed E-state index contributed by atoms with van der Waals surface area (Å²) in [7, 11) is 0. The van der Waals surface area contributed by atoms with E-state index in [0.29, 0.717) is 43.0 Å². The molecule has 1 fully saturated rings. The number of hydrogen-bond acceptors (Lipinski definition) is 8. The van der Waals surface area contributed by atoms with Gasteiger partial charge in [0.25, 0.3) is 5.89 Å². The Morgan fingerprint density at radius 2 is 1.94 bits per heavy atom. The van der Waals surface area contributed by atoms with Gasteiger partial charge >= 0.3 is 6.18 Å². The van der Waals surface area contributed by atoms with Crippen LogP contribution in [0.5, 0.6) is 0 Å². The van der Waals surface area contributed by atoms with Crippen LogP contribution in [0.4, 0.5) is 19.0 Å². The third-order valence-corrected chi connectivity index (χ3v) is 5.38. The molecule has 0 spiro atoms. The second kappa shape index (κ2) is 7.96. The van der Waals surface area contributed by atoms with Crippen molar-refractivity contribution in [2.75, 3.05) is 18.0 Å². The van der Waals surface area contributed by atoms with E-state index in [-0.39, 0.29) is 18.3 Å². The minimum Gasteiger partial charge on any atom is -0.388 e. The molecule has 1 aromatic carbocycles. The van der Waals surface area contributed by atoms with Gasteiger partial charge in [0.1, 0.15) is 6.61 Å². The molecular formula is C20H17F3N6O2. The molecule has 1 aliphatic heterocycles. The molecule has 0 amide bonds. The van der Waals surface area contributed by atoms with Crippen LogP contribution in [-0.4, -0.2) is 38.5 Å². The Morgan fingerprint density at radius 1 is 1.16 bits per heavy atom. The summed E-state index contributed by atoms with van der Waals surface area (Å²) in [4.78, 5) is 5.89. The Kier molecular flexibility index (Phi) is 5.32. The average Bonchev–Trinajstić information content (AvgIpc) is 3.28. The van der Waals surface area contributed by atoms with Gasteiger partial charge in [-0.05, 0) is 36.6 Å². The van der Waals surface area contributed by atoms with E-state index < -0.39 is 17.2 Å². The maximum atomic E-state index is 13.1. The molecule has 3 heterocycles. The number of anilines is 1. The first-order chi connectivity index (χ1) is 14.8. The Labute approximate surface area is 174 Å². The molecule has 0 atom stereocenters. The lowest BCUT2D eigenvalue weighted by Gasteiger charge is -2.38. The van der Waals surface area contributed by atoms with Crippen LogP contribution >= 0.6 is 0 Å². The van der Waals surface area contributed by atoms with Crippen molar-refractivity contribution in [1.82, 2.24) is 20.3 Å². The molecule has 1 saturated heterocycles. The van der Waals surface area contributed by atoms with Crippen molar-refractivity contribution in [2.45, 2.75) is 31.0 Å². The summed E-state index contributed by atoms with van der Waals surface area (Å²) < 4.78 is 44.3. The molecule has 160 valence electrons. The number of alkyl halides is 3. The number of halogens is 3. The molecule has 2 aromatic heterocycles. The van der Waals surface area contributed by atoms with Gasteiger partial charge in [-0.25, -0.2) is 0 Å². The van der Waals surface area contributed by atoms with Crippen molar-refractivity contribution in [3.63, 3.8) is 0 Å². The normalized spacial score (nSPS) is 16.2. The zero-order valence-corrected chi connectivity index (χ0v) is 16.2. The molecule has 0 aliphatic carbocycles. The van der Waals surface area contributed by atoms with Crippen molar-refractivity contribution in [1.29, 1.82) is 5.26 Å². The number of nitriles is 1. The lowest BCUT2D eigenvalue weighted by molar-refractivity contribution is -0.137. The fraction of sp³-hybridized carbons (Fsp3) is 0.350. The number of aliphatic hydroxyl groups excluding tert-OH is 1. The van der Waals surface area contributed by atoms with Crippen LogP contribution < -0.4 is 4.90 Å². The highest BCUT2D eigenvalue weighted by molar-refractivity contribution is 5.50. The Hall–Kier alpha value is -3.52. The zero-order chi connectivity index (χ0) is 22.1. The number of aromatic nitrogens is 4. The van der Waals surface area contributed by atoms with E-state index in [0.717, 1.165) is 12.1 Å². The highest BCUT2D eigenvalue weighted by Gasteiger charge is 2.39. The lowest BCUT2D eigenvalue weighted by Crippen LogP contribution is -2.42. The van der Waals surface area contributed by atoms with Crippen LogP contribution in [0.3, 0.4) is 0 Å². The van der Waals surface area contributed by atoms with E-state index in [2.05, 4.69) is 26.4 Å². The van der Waals surface area contributed by atoms with Gasteiger partial charge in [-0.1, -0.05) is 23.4 Å². The van der Waals surface area contributed by atoms with E-state index in [4.69, 9.17) is 9.63 Å². The predicted octanol–water partition coefficient (Wildman–Crippen LogP) is 3.10. The summed E-state index contributed by atoms with van der Waals surface area (Å²) in [5.41, 5.74) is -1.02. The fourth-order valence-corrected chi connectivity index (χ4v) is 3.61. The van der Waals surface area contributed by atoms with Gasteiger partial charge in [0, 0.05) is 13.1 Å². The number of benzene rings is 1. The van der Waals surface area contributed by atoms with E-state index in [1.165, 1.54) is 6.07 Å². The summed E-state index contributed by atoms with van der Waals surface area (Å²) in [6.07, 6.45) is -3.74. The van der Waals surface area contributed by atoms with Gasteiger partial charge < -0.3 is 14.5 Å². The first kappa shape index (κ1) is 20.7. The van der Waals surface area contributed by atoms with Gasteiger partial charge in [-0.15, -0.1) is 10.2 Å². The van der Waals surface area contributed by atoms with E-state index in [1.54, 1.807) is 18.2 Å². The van der Waals surface area contributed by atoms with E-state index in [1.807, 2.05) is 4.90 Å². The van der Waals surface area contributed by atoms with Crippen LogP contribution in [0.25, 0.3) is 11.6 Å². The Balaban J connectivity index is 1.49. The van der Waals surface area contributed by atoms with Crippen molar-refractivity contribution < 1.29 is 22.8 Å². The maximum Gasteiger partial charge on any atom is 0.416 e. The standard InChI is InChI=1S/C20H17F3N6O2/c21-20(22,23)14-3-1-2-13(10-14)19(12-24)6-8-29(9-7-19)17-5-4-15(26-27-17)18-25-16(11-30)28-31-18/h1-5,10,30H,6-9,11H2. The number of hydrogen-bond donors (Lipinski definition) is 1. The fourth-order valence-electron chi connectivity index (χ4n) is 3.61. The lowest BCUT2D eigenvalue weighted by atomic mass is 9.73. The molecule has 11 heteroatoms. The summed E-state index contributed by atoms with van der Waals surface area (Å²) >= 11 is 0. The summed E-state index contributed by atoms with van der Waals surface area (Å²) in [6.45, 7) is 0.523. The monoisotopic (exact) mass is 430 g/mol. The molecular weight excluding hydrogens is 413 g/mol. The molecule has 0 unspecified atom stereocenters. The molecule has 31 heavy (non-hydrogen) atoms. The highest BCUT2D eigenvalue weighted by Crippen LogP contribution is 2.39. The minimum atomic E-state index is -4.46. The molecule has 0 saturated carbocycles. The third-order valence-electron chi connectivity index (χ3n) is 5.38. The van der Waals surface area contributed by atoms with Gasteiger partial charge in [0.15, 0.2) is 17.3 Å². The van der Waals surface area contributed by atoms with Crippen LogP contribution in [0.1, 0.15) is 29.8 Å². The molecule has 1 N–H and O–H groups in total. The second-order valence-electron chi connectivity index (χ2n) is 7.21. The second-order valence-corrected chi connectivity index (χ2v) is 7.21. The molecule has 4 rings (SSSR count). The number of rotatable bonds is 4. The smallest absolute Gasteiger partial charge is 0.388 e. The zero-order valence-electron chi connectivity index (χ0n) is 16.2. The summed E-state index contributed by atoms with van der Waals surface area (Å²) in [5.74, 6) is 0.843. The van der Waals surface area contributed by atoms with Gasteiger partial charge in [-0.2, -0.15) is 23.4 Å². The van der Waals surface area contributed by atoms with Crippen molar-refractivity contribution in [2.24, 2.45) is 0 Å². The molecule has 1 aliphatic rings. The molecule has 0 radical (unpaired) electrons. The number of piperidine rings is 1. The number of aliphatic hydroxyl groups is 1. The van der Waals surface area contributed by atoms with Gasteiger partial charge in [0.2, 0.25) is 0 Å². The molecule has 8 nitrogen and oxygen atoms in total. The number of nitrogens with zero attached hydrogens (tertiary/aromatic N) is 6. The van der Waals surface area contributed by atoms with E-state index >= 15 is 0 Å². The quantitative estimate of drug-likeness (QED) is 0.672. The summed E-state index contributed by atoms with van der Waals surface area (Å²) in [6, 6.07) is 10.6. The average molecular weight is 430 g/mol. The Bertz CT molecular complexity index is 1100. The van der Waals surface area contributed by atoms with Crippen LogP contribution in [0.15, 0.2) is 40.9 Å². The third kappa shape index (κ3) is 4.06. The largest absolute Gasteiger partial charge is 0.416 e. The van der Waals surface area contributed by atoms with E-state index in [9.17, 15) is 18.4 Å². The Morgan fingerprint density at radius 3 is 2.52 bits per heavy atom. The van der Waals surface area contributed by atoms with Gasteiger partial charge in [-0.3, -0.25) is 0 Å². The topological polar surface area (TPSA) is 112 Å². The van der Waals surface area contributed by atoms with Crippen molar-refractivity contribution in [3.05, 3.63) is 53.3 Å². The summed E-state index contributed by atoms with van der Waals surface area (Å²) in [5, 5.41) is 30.6. The van der Waals surface area contributed by atoms with Crippen LogP contribution in [-0.2, 0) is 18.2 Å². The predicted molar refractivity (Wildman–Crippen MR) is 101 cm³/mol. The van der Waals surface area contributed by atoms with Crippen molar-refractivity contribution >= 4 is 5.82 Å².